The molecule has 88 valence electrons. The minimum atomic E-state index is -0.381. The molecule has 1 aromatic heterocycles. The van der Waals surface area contributed by atoms with Crippen LogP contribution in [-0.4, -0.2) is 15.1 Å². The van der Waals surface area contributed by atoms with E-state index in [0.29, 0.717) is 4.90 Å². The predicted octanol–water partition coefficient (Wildman–Crippen LogP) is 3.55. The highest BCUT2D eigenvalue weighted by atomic mass is 33.1. The fourth-order valence-electron chi connectivity index (χ4n) is 1.07. The first-order valence-electron chi connectivity index (χ1n) is 4.55. The highest BCUT2D eigenvalue weighted by Gasteiger charge is 2.14. The first-order chi connectivity index (χ1) is 8.16. The van der Waals surface area contributed by atoms with Crippen LogP contribution >= 0.6 is 32.9 Å². The van der Waals surface area contributed by atoms with Gasteiger partial charge in [0, 0.05) is 6.07 Å². The standard InChI is InChI=1S/C9H7N3O2S3/c1-6-10-11-9(15-6)17-16-8-5-3-2-4-7(8)12(13)14/h2-5H,1H3. The molecule has 0 bridgehead atoms. The highest BCUT2D eigenvalue weighted by Crippen LogP contribution is 2.42. The molecular formula is C9H7N3O2S3. The van der Waals surface area contributed by atoms with Gasteiger partial charge in [-0.3, -0.25) is 10.1 Å². The normalized spacial score (nSPS) is 10.4. The summed E-state index contributed by atoms with van der Waals surface area (Å²) in [4.78, 5) is 11.0. The van der Waals surface area contributed by atoms with Crippen LogP contribution in [0.1, 0.15) is 5.01 Å². The molecule has 0 atom stereocenters. The molecule has 8 heteroatoms. The van der Waals surface area contributed by atoms with E-state index >= 15 is 0 Å². The van der Waals surface area contributed by atoms with E-state index in [9.17, 15) is 10.1 Å². The molecule has 0 aliphatic rings. The summed E-state index contributed by atoms with van der Waals surface area (Å²) >= 11 is 1.47. The molecule has 0 saturated heterocycles. The van der Waals surface area contributed by atoms with Gasteiger partial charge in [-0.05, 0) is 34.6 Å². The summed E-state index contributed by atoms with van der Waals surface area (Å²) in [6.07, 6.45) is 0. The van der Waals surface area contributed by atoms with Gasteiger partial charge in [-0.1, -0.05) is 23.5 Å². The molecule has 0 fully saturated rings. The van der Waals surface area contributed by atoms with Gasteiger partial charge >= 0.3 is 0 Å². The van der Waals surface area contributed by atoms with Gasteiger partial charge < -0.3 is 0 Å². The van der Waals surface area contributed by atoms with Crippen LogP contribution in [0.25, 0.3) is 0 Å². The zero-order chi connectivity index (χ0) is 12.3. The van der Waals surface area contributed by atoms with Crippen molar-refractivity contribution in [2.24, 2.45) is 0 Å². The van der Waals surface area contributed by atoms with E-state index in [2.05, 4.69) is 10.2 Å². The molecule has 0 saturated carbocycles. The zero-order valence-corrected chi connectivity index (χ0v) is 11.1. The number of aromatic nitrogens is 2. The Kier molecular flexibility index (Phi) is 3.97. The SMILES string of the molecule is Cc1nnc(SSc2ccccc2[N+](=O)[O-])s1. The van der Waals surface area contributed by atoms with Crippen molar-refractivity contribution in [2.45, 2.75) is 16.2 Å². The third-order valence-electron chi connectivity index (χ3n) is 1.77. The number of aryl methyl sites for hydroxylation is 1. The monoisotopic (exact) mass is 285 g/mol. The van der Waals surface area contributed by atoms with Gasteiger partial charge in [-0.2, -0.15) is 0 Å². The van der Waals surface area contributed by atoms with Crippen LogP contribution < -0.4 is 0 Å². The highest BCUT2D eigenvalue weighted by molar-refractivity contribution is 8.77. The number of hydrogen-bond donors (Lipinski definition) is 0. The van der Waals surface area contributed by atoms with E-state index in [4.69, 9.17) is 0 Å². The summed E-state index contributed by atoms with van der Waals surface area (Å²) in [7, 11) is 2.71. The molecule has 1 heterocycles. The number of hydrogen-bond acceptors (Lipinski definition) is 7. The average Bonchev–Trinajstić information content (AvgIpc) is 2.73. The second-order valence-corrected chi connectivity index (χ2v) is 6.58. The fraction of sp³-hybridized carbons (Fsp3) is 0.111. The van der Waals surface area contributed by atoms with E-state index in [0.717, 1.165) is 9.35 Å². The Labute approximate surface area is 109 Å². The first-order valence-corrected chi connectivity index (χ1v) is 7.51. The van der Waals surface area contributed by atoms with E-state index in [1.807, 2.05) is 6.92 Å². The lowest BCUT2D eigenvalue weighted by Crippen LogP contribution is -1.88. The Morgan fingerprint density at radius 3 is 2.71 bits per heavy atom. The summed E-state index contributed by atoms with van der Waals surface area (Å²) in [5.74, 6) is 0. The zero-order valence-electron chi connectivity index (χ0n) is 8.69. The molecule has 5 nitrogen and oxygen atoms in total. The van der Waals surface area contributed by atoms with Gasteiger partial charge in [0.05, 0.1) is 9.82 Å². The molecule has 0 aliphatic carbocycles. The second-order valence-electron chi connectivity index (χ2n) is 2.98. The van der Waals surface area contributed by atoms with Gasteiger partial charge in [0.15, 0.2) is 4.34 Å². The third kappa shape index (κ3) is 3.18. The van der Waals surface area contributed by atoms with Crippen LogP contribution in [0.2, 0.25) is 0 Å². The van der Waals surface area contributed by atoms with Crippen molar-refractivity contribution in [2.75, 3.05) is 0 Å². The summed E-state index contributed by atoms with van der Waals surface area (Å²) < 4.78 is 0.797. The largest absolute Gasteiger partial charge is 0.283 e. The van der Waals surface area contributed by atoms with Crippen LogP contribution in [0.3, 0.4) is 0 Å². The number of nitro groups is 1. The van der Waals surface area contributed by atoms with Crippen molar-refractivity contribution in [1.82, 2.24) is 10.2 Å². The van der Waals surface area contributed by atoms with Crippen molar-refractivity contribution < 1.29 is 4.92 Å². The molecule has 0 amide bonds. The Hall–Kier alpha value is -1.12. The quantitative estimate of drug-likeness (QED) is 0.486. The maximum atomic E-state index is 10.8. The number of benzene rings is 1. The fourth-order valence-corrected chi connectivity index (χ4v) is 4.20. The topological polar surface area (TPSA) is 68.9 Å². The van der Waals surface area contributed by atoms with E-state index in [-0.39, 0.29) is 10.6 Å². The van der Waals surface area contributed by atoms with Crippen molar-refractivity contribution in [1.29, 1.82) is 0 Å². The van der Waals surface area contributed by atoms with Gasteiger partial charge in [0.1, 0.15) is 5.01 Å². The smallest absolute Gasteiger partial charge is 0.258 e. The summed E-state index contributed by atoms with van der Waals surface area (Å²) in [6.45, 7) is 1.87. The molecule has 0 unspecified atom stereocenters. The Morgan fingerprint density at radius 2 is 2.06 bits per heavy atom. The maximum Gasteiger partial charge on any atom is 0.283 e. The van der Waals surface area contributed by atoms with E-state index in [1.165, 1.54) is 39.0 Å². The molecule has 0 aliphatic heterocycles. The van der Waals surface area contributed by atoms with E-state index < -0.39 is 0 Å². The summed E-state index contributed by atoms with van der Waals surface area (Å²) in [6, 6.07) is 6.65. The number of nitrogens with zero attached hydrogens (tertiary/aromatic N) is 3. The maximum absolute atomic E-state index is 10.8. The van der Waals surface area contributed by atoms with Crippen molar-refractivity contribution in [3.63, 3.8) is 0 Å². The second kappa shape index (κ2) is 5.48. The lowest BCUT2D eigenvalue weighted by atomic mass is 10.3. The van der Waals surface area contributed by atoms with E-state index in [1.54, 1.807) is 18.2 Å². The molecule has 0 N–H and O–H groups in total. The van der Waals surface area contributed by atoms with Crippen molar-refractivity contribution in [3.05, 3.63) is 39.4 Å². The Bertz CT molecular complexity index is 544. The number of nitro benzene ring substituents is 1. The van der Waals surface area contributed by atoms with Gasteiger partial charge in [0.25, 0.3) is 5.69 Å². The lowest BCUT2D eigenvalue weighted by Gasteiger charge is -1.99. The summed E-state index contributed by atoms with van der Waals surface area (Å²) in [5.41, 5.74) is 0.117. The van der Waals surface area contributed by atoms with Crippen LogP contribution in [0, 0.1) is 17.0 Å². The Morgan fingerprint density at radius 1 is 1.29 bits per heavy atom. The predicted molar refractivity (Wildman–Crippen MR) is 69.5 cm³/mol. The van der Waals surface area contributed by atoms with Crippen molar-refractivity contribution >= 4 is 38.6 Å². The van der Waals surface area contributed by atoms with Crippen LogP contribution in [0.4, 0.5) is 5.69 Å². The molecule has 17 heavy (non-hydrogen) atoms. The minimum absolute atomic E-state index is 0.117. The summed E-state index contributed by atoms with van der Waals surface area (Å²) in [5, 5.41) is 19.5. The Balaban J connectivity index is 2.11. The molecule has 0 radical (unpaired) electrons. The molecule has 2 rings (SSSR count). The van der Waals surface area contributed by atoms with Crippen molar-refractivity contribution in [3.8, 4) is 0 Å². The van der Waals surface area contributed by atoms with Gasteiger partial charge in [-0.15, -0.1) is 10.2 Å². The molecule has 1 aromatic carbocycles. The molecular weight excluding hydrogens is 278 g/mol. The minimum Gasteiger partial charge on any atom is -0.258 e. The first kappa shape index (κ1) is 12.3. The van der Waals surface area contributed by atoms with Gasteiger partial charge in [-0.25, -0.2) is 0 Å². The number of para-hydroxylation sites is 1. The van der Waals surface area contributed by atoms with Crippen LogP contribution in [0.15, 0.2) is 33.5 Å². The third-order valence-corrected chi connectivity index (χ3v) is 5.32. The van der Waals surface area contributed by atoms with Gasteiger partial charge in [0.2, 0.25) is 0 Å². The lowest BCUT2D eigenvalue weighted by molar-refractivity contribution is -0.387. The van der Waals surface area contributed by atoms with Crippen LogP contribution in [0.5, 0.6) is 0 Å². The molecule has 2 aromatic rings. The number of rotatable bonds is 4. The van der Waals surface area contributed by atoms with Crippen LogP contribution in [-0.2, 0) is 0 Å². The average molecular weight is 285 g/mol. The molecule has 0 spiro atoms.